The van der Waals surface area contributed by atoms with Crippen molar-refractivity contribution in [2.75, 3.05) is 13.2 Å². The Morgan fingerprint density at radius 3 is 2.69 bits per heavy atom. The highest BCUT2D eigenvalue weighted by Gasteiger charge is 2.11. The zero-order chi connectivity index (χ0) is 25.3. The van der Waals surface area contributed by atoms with E-state index in [9.17, 15) is 4.79 Å². The molecule has 4 rings (SSSR count). The Hall–Kier alpha value is -3.31. The van der Waals surface area contributed by atoms with Crippen LogP contribution in [-0.4, -0.2) is 28.6 Å². The van der Waals surface area contributed by atoms with Crippen molar-refractivity contribution in [3.8, 4) is 5.75 Å². The number of fused-ring (bicyclic) bond motifs is 1. The largest absolute Gasteiger partial charge is 0.493 e. The van der Waals surface area contributed by atoms with Crippen LogP contribution in [0.1, 0.15) is 53.0 Å². The monoisotopic (exact) mass is 503 g/mol. The summed E-state index contributed by atoms with van der Waals surface area (Å²) in [5.41, 5.74) is 5.18. The molecular weight excluding hydrogens is 470 g/mol. The van der Waals surface area contributed by atoms with E-state index in [1.165, 1.54) is 11.1 Å². The van der Waals surface area contributed by atoms with Crippen LogP contribution in [0, 0.1) is 13.8 Å². The summed E-state index contributed by atoms with van der Waals surface area (Å²) in [5.74, 6) is 2.00. The number of halogens is 1. The first kappa shape index (κ1) is 25.8. The molecule has 188 valence electrons. The van der Waals surface area contributed by atoms with Gasteiger partial charge in [0, 0.05) is 30.1 Å². The van der Waals surface area contributed by atoms with Crippen LogP contribution in [0.3, 0.4) is 0 Å². The highest BCUT2D eigenvalue weighted by atomic mass is 35.5. The maximum Gasteiger partial charge on any atom is 0.251 e. The van der Waals surface area contributed by atoms with Gasteiger partial charge in [-0.15, -0.1) is 0 Å². The third kappa shape index (κ3) is 6.88. The predicted octanol–water partition coefficient (Wildman–Crippen LogP) is 6.92. The van der Waals surface area contributed by atoms with E-state index in [1.54, 1.807) is 24.3 Å². The minimum absolute atomic E-state index is 0.0811. The second kappa shape index (κ2) is 12.6. The Labute approximate surface area is 218 Å². The molecule has 4 aromatic rings. The zero-order valence-corrected chi connectivity index (χ0v) is 21.9. The molecule has 0 fully saturated rings. The Balaban J connectivity index is 1.26. The average Bonchev–Trinajstić information content (AvgIpc) is 3.23. The SMILES string of the molecule is Cc1ccc(C)c(OCCCn2c(CCCCCNC(=O)c3cccc(Cl)c3)nc3ccccc32)c1. The molecule has 0 unspecified atom stereocenters. The molecule has 1 aromatic heterocycles. The van der Waals surface area contributed by atoms with Crippen LogP contribution in [0.25, 0.3) is 11.0 Å². The standard InChI is InChI=1S/C30H34ClN3O2/c1-22-15-16-23(2)28(20-22)36-19-9-18-34-27-13-6-5-12-26(27)33-29(34)14-4-3-7-17-32-30(35)24-10-8-11-25(31)21-24/h5-6,8,10-13,15-16,20-21H,3-4,7,9,14,17-19H2,1-2H3,(H,32,35). The summed E-state index contributed by atoms with van der Waals surface area (Å²) in [5, 5.41) is 3.55. The van der Waals surface area contributed by atoms with Crippen molar-refractivity contribution in [2.24, 2.45) is 0 Å². The van der Waals surface area contributed by atoms with Gasteiger partial charge >= 0.3 is 0 Å². The molecule has 0 bridgehead atoms. The van der Waals surface area contributed by atoms with E-state index >= 15 is 0 Å². The lowest BCUT2D eigenvalue weighted by Crippen LogP contribution is -2.24. The number of para-hydroxylation sites is 2. The Bertz CT molecular complexity index is 1310. The van der Waals surface area contributed by atoms with E-state index in [-0.39, 0.29) is 5.91 Å². The Morgan fingerprint density at radius 2 is 1.83 bits per heavy atom. The van der Waals surface area contributed by atoms with Crippen LogP contribution in [0.15, 0.2) is 66.7 Å². The minimum atomic E-state index is -0.0811. The van der Waals surface area contributed by atoms with Crippen LogP contribution < -0.4 is 10.1 Å². The van der Waals surface area contributed by atoms with E-state index in [4.69, 9.17) is 21.3 Å². The summed E-state index contributed by atoms with van der Waals surface area (Å²) in [4.78, 5) is 17.2. The minimum Gasteiger partial charge on any atom is -0.493 e. The fraction of sp³-hybridized carbons (Fsp3) is 0.333. The van der Waals surface area contributed by atoms with Crippen LogP contribution in [0.5, 0.6) is 5.75 Å². The number of imidazole rings is 1. The number of amides is 1. The topological polar surface area (TPSA) is 56.1 Å². The van der Waals surface area contributed by atoms with Gasteiger partial charge < -0.3 is 14.6 Å². The Kier molecular flexibility index (Phi) is 9.01. The Morgan fingerprint density at radius 1 is 0.972 bits per heavy atom. The molecule has 0 atom stereocenters. The fourth-order valence-corrected chi connectivity index (χ4v) is 4.54. The van der Waals surface area contributed by atoms with E-state index in [0.29, 0.717) is 23.7 Å². The number of aryl methyl sites for hydroxylation is 4. The number of hydrogen-bond donors (Lipinski definition) is 1. The molecular formula is C30H34ClN3O2. The molecule has 0 aliphatic rings. The lowest BCUT2D eigenvalue weighted by molar-refractivity contribution is 0.0953. The summed E-state index contributed by atoms with van der Waals surface area (Å²) in [6.45, 7) is 6.36. The van der Waals surface area contributed by atoms with Gasteiger partial charge in [0.1, 0.15) is 11.6 Å². The number of ether oxygens (including phenoxy) is 1. The van der Waals surface area contributed by atoms with Gasteiger partial charge in [0.25, 0.3) is 5.91 Å². The van der Waals surface area contributed by atoms with Gasteiger partial charge in [-0.05, 0) is 80.6 Å². The molecule has 0 spiro atoms. The summed E-state index contributed by atoms with van der Waals surface area (Å²) in [6, 6.07) is 21.7. The maximum absolute atomic E-state index is 12.3. The molecule has 0 aliphatic carbocycles. The van der Waals surface area contributed by atoms with Gasteiger partial charge in [-0.25, -0.2) is 4.98 Å². The first-order valence-electron chi connectivity index (χ1n) is 12.7. The van der Waals surface area contributed by atoms with Crippen LogP contribution >= 0.6 is 11.6 Å². The molecule has 0 saturated carbocycles. The number of hydrogen-bond acceptors (Lipinski definition) is 3. The summed E-state index contributed by atoms with van der Waals surface area (Å²) in [7, 11) is 0. The second-order valence-corrected chi connectivity index (χ2v) is 9.65. The summed E-state index contributed by atoms with van der Waals surface area (Å²) in [6.07, 6.45) is 4.80. The normalized spacial score (nSPS) is 11.1. The van der Waals surface area contributed by atoms with Crippen molar-refractivity contribution >= 4 is 28.5 Å². The second-order valence-electron chi connectivity index (χ2n) is 9.22. The average molecular weight is 504 g/mol. The van der Waals surface area contributed by atoms with Gasteiger partial charge in [-0.3, -0.25) is 4.79 Å². The molecule has 1 heterocycles. The van der Waals surface area contributed by atoms with E-state index in [2.05, 4.69) is 60.1 Å². The van der Waals surface area contributed by atoms with Gasteiger partial charge in [-0.2, -0.15) is 0 Å². The van der Waals surface area contributed by atoms with Gasteiger partial charge in [-0.1, -0.05) is 48.4 Å². The molecule has 0 saturated heterocycles. The number of benzene rings is 3. The van der Waals surface area contributed by atoms with Crippen LogP contribution in [-0.2, 0) is 13.0 Å². The van der Waals surface area contributed by atoms with Crippen molar-refractivity contribution in [1.29, 1.82) is 0 Å². The van der Waals surface area contributed by atoms with Crippen molar-refractivity contribution < 1.29 is 9.53 Å². The molecule has 0 radical (unpaired) electrons. The van der Waals surface area contributed by atoms with Gasteiger partial charge in [0.15, 0.2) is 0 Å². The lowest BCUT2D eigenvalue weighted by Gasteiger charge is -2.12. The van der Waals surface area contributed by atoms with Crippen molar-refractivity contribution in [3.05, 3.63) is 94.3 Å². The molecule has 5 nitrogen and oxygen atoms in total. The van der Waals surface area contributed by atoms with Gasteiger partial charge in [0.2, 0.25) is 0 Å². The number of rotatable bonds is 12. The lowest BCUT2D eigenvalue weighted by atomic mass is 10.1. The summed E-state index contributed by atoms with van der Waals surface area (Å²) < 4.78 is 8.41. The maximum atomic E-state index is 12.3. The highest BCUT2D eigenvalue weighted by molar-refractivity contribution is 6.30. The van der Waals surface area contributed by atoms with Crippen LogP contribution in [0.4, 0.5) is 0 Å². The third-order valence-corrected chi connectivity index (χ3v) is 6.55. The number of carbonyl (C=O) groups is 1. The predicted molar refractivity (Wildman–Crippen MR) is 147 cm³/mol. The molecule has 0 aliphatic heterocycles. The van der Waals surface area contributed by atoms with E-state index in [1.807, 2.05) is 6.07 Å². The van der Waals surface area contributed by atoms with Gasteiger partial charge in [0.05, 0.1) is 17.6 Å². The number of carbonyl (C=O) groups excluding carboxylic acids is 1. The molecule has 3 aromatic carbocycles. The quantitative estimate of drug-likeness (QED) is 0.213. The highest BCUT2D eigenvalue weighted by Crippen LogP contribution is 2.21. The molecule has 1 N–H and O–H groups in total. The first-order chi connectivity index (χ1) is 17.5. The summed E-state index contributed by atoms with van der Waals surface area (Å²) >= 11 is 5.98. The first-order valence-corrected chi connectivity index (χ1v) is 13.1. The van der Waals surface area contributed by atoms with Crippen molar-refractivity contribution in [3.63, 3.8) is 0 Å². The molecule has 1 amide bonds. The van der Waals surface area contributed by atoms with E-state index in [0.717, 1.165) is 61.3 Å². The van der Waals surface area contributed by atoms with Crippen molar-refractivity contribution in [1.82, 2.24) is 14.9 Å². The third-order valence-electron chi connectivity index (χ3n) is 6.31. The van der Waals surface area contributed by atoms with Crippen molar-refractivity contribution in [2.45, 2.75) is 52.5 Å². The number of unbranched alkanes of at least 4 members (excludes halogenated alkanes) is 2. The smallest absolute Gasteiger partial charge is 0.251 e. The molecule has 6 heteroatoms. The molecule has 36 heavy (non-hydrogen) atoms. The number of aromatic nitrogens is 2. The number of nitrogens with zero attached hydrogens (tertiary/aromatic N) is 2. The number of nitrogens with one attached hydrogen (secondary N) is 1. The van der Waals surface area contributed by atoms with Crippen LogP contribution in [0.2, 0.25) is 5.02 Å². The van der Waals surface area contributed by atoms with E-state index < -0.39 is 0 Å². The fourth-order valence-electron chi connectivity index (χ4n) is 4.35. The zero-order valence-electron chi connectivity index (χ0n) is 21.1.